The Morgan fingerprint density at radius 3 is 2.24 bits per heavy atom. The predicted molar refractivity (Wildman–Crippen MR) is 122 cm³/mol. The van der Waals surface area contributed by atoms with Crippen molar-refractivity contribution in [3.63, 3.8) is 0 Å². The zero-order valence-electron chi connectivity index (χ0n) is 19.0. The molecule has 1 aliphatic carbocycles. The van der Waals surface area contributed by atoms with Crippen LogP contribution in [0.2, 0.25) is 0 Å². The molecule has 34 heavy (non-hydrogen) atoms. The molecule has 4 rings (SSSR count). The number of nitrogens with zero attached hydrogens (tertiary/aromatic N) is 1. The minimum atomic E-state index is -1.21. The number of methoxy groups -OCH3 is 1. The summed E-state index contributed by atoms with van der Waals surface area (Å²) in [6, 6.07) is 13.6. The molecule has 1 aliphatic heterocycles. The largest absolute Gasteiger partial charge is 0.480 e. The van der Waals surface area contributed by atoms with Gasteiger partial charge in [-0.25, -0.2) is 9.59 Å². The maximum atomic E-state index is 13.1. The fourth-order valence-electron chi connectivity index (χ4n) is 4.75. The molecule has 2 aromatic carbocycles. The van der Waals surface area contributed by atoms with Gasteiger partial charge >= 0.3 is 12.1 Å². The Bertz CT molecular complexity index is 1040. The fourth-order valence-corrected chi connectivity index (χ4v) is 4.75. The molecule has 1 fully saturated rings. The molecule has 2 amide bonds. The molecule has 0 saturated carbocycles. The highest BCUT2D eigenvalue weighted by molar-refractivity contribution is 5.90. The van der Waals surface area contributed by atoms with E-state index in [1.54, 1.807) is 6.92 Å². The van der Waals surface area contributed by atoms with E-state index in [2.05, 4.69) is 5.32 Å². The number of fused-ring (bicyclic) bond motifs is 3. The zero-order valence-corrected chi connectivity index (χ0v) is 19.0. The number of carboxylic acid groups (broad SMARTS) is 1. The van der Waals surface area contributed by atoms with Crippen LogP contribution in [-0.2, 0) is 19.1 Å². The van der Waals surface area contributed by atoms with E-state index in [4.69, 9.17) is 9.47 Å². The number of aliphatic hydroxyl groups is 1. The summed E-state index contributed by atoms with van der Waals surface area (Å²) in [4.78, 5) is 38.5. The summed E-state index contributed by atoms with van der Waals surface area (Å²) >= 11 is 0. The minimum Gasteiger partial charge on any atom is -0.480 e. The number of alkyl carbamates (subject to hydrolysis) is 1. The molecule has 180 valence electrons. The molecule has 0 radical (unpaired) electrons. The van der Waals surface area contributed by atoms with Gasteiger partial charge in [-0.2, -0.15) is 0 Å². The Labute approximate surface area is 197 Å². The van der Waals surface area contributed by atoms with E-state index in [0.29, 0.717) is 0 Å². The number of benzene rings is 2. The van der Waals surface area contributed by atoms with Crippen LogP contribution in [0.5, 0.6) is 0 Å². The molecule has 2 aliphatic rings. The third kappa shape index (κ3) is 4.49. The maximum Gasteiger partial charge on any atom is 0.407 e. The first-order valence-electron chi connectivity index (χ1n) is 11.2. The smallest absolute Gasteiger partial charge is 0.407 e. The number of hydrogen-bond acceptors (Lipinski definition) is 6. The van der Waals surface area contributed by atoms with Gasteiger partial charge in [0.15, 0.2) is 0 Å². The predicted octanol–water partition coefficient (Wildman–Crippen LogP) is 1.97. The lowest BCUT2D eigenvalue weighted by Gasteiger charge is -2.29. The van der Waals surface area contributed by atoms with Crippen molar-refractivity contribution in [3.8, 4) is 11.1 Å². The van der Waals surface area contributed by atoms with Gasteiger partial charge in [0.1, 0.15) is 18.7 Å². The van der Waals surface area contributed by atoms with E-state index >= 15 is 0 Å². The molecule has 0 spiro atoms. The number of carbonyl (C=O) groups is 3. The third-order valence-electron chi connectivity index (χ3n) is 6.57. The number of carbonyl (C=O) groups excluding carboxylic acids is 2. The molecule has 1 saturated heterocycles. The van der Waals surface area contributed by atoms with Crippen LogP contribution in [-0.4, -0.2) is 77.6 Å². The summed E-state index contributed by atoms with van der Waals surface area (Å²) in [5, 5.41) is 21.9. The summed E-state index contributed by atoms with van der Waals surface area (Å²) in [5.74, 6) is -2.00. The van der Waals surface area contributed by atoms with Crippen molar-refractivity contribution in [1.29, 1.82) is 0 Å². The first-order chi connectivity index (χ1) is 16.3. The number of ether oxygens (including phenoxy) is 2. The van der Waals surface area contributed by atoms with Crippen molar-refractivity contribution < 1.29 is 34.1 Å². The molecule has 1 heterocycles. The van der Waals surface area contributed by atoms with Gasteiger partial charge in [0.25, 0.3) is 0 Å². The van der Waals surface area contributed by atoms with E-state index in [0.717, 1.165) is 27.2 Å². The summed E-state index contributed by atoms with van der Waals surface area (Å²) in [6.07, 6.45) is -2.57. The molecule has 9 heteroatoms. The second kappa shape index (κ2) is 9.82. The molecular formula is C25H28N2O7. The van der Waals surface area contributed by atoms with Crippen LogP contribution in [0.1, 0.15) is 30.4 Å². The number of nitrogens with one attached hydrogen (secondary N) is 1. The lowest BCUT2D eigenvalue weighted by molar-refractivity contribution is -0.150. The highest BCUT2D eigenvalue weighted by atomic mass is 16.5. The highest BCUT2D eigenvalue weighted by Gasteiger charge is 2.43. The Hall–Kier alpha value is -3.43. The van der Waals surface area contributed by atoms with Gasteiger partial charge < -0.3 is 29.9 Å². The Morgan fingerprint density at radius 2 is 1.68 bits per heavy atom. The molecule has 4 unspecified atom stereocenters. The number of β-amino-alcohol motifs (C(OH)–C–C–N with tert-alkyl or cyclic N) is 1. The first kappa shape index (κ1) is 23.7. The zero-order chi connectivity index (χ0) is 24.4. The van der Waals surface area contributed by atoms with Crippen LogP contribution >= 0.6 is 0 Å². The molecule has 9 nitrogen and oxygen atoms in total. The second-order valence-corrected chi connectivity index (χ2v) is 8.62. The summed E-state index contributed by atoms with van der Waals surface area (Å²) < 4.78 is 10.8. The normalized spacial score (nSPS) is 20.9. The van der Waals surface area contributed by atoms with E-state index in [-0.39, 0.29) is 25.5 Å². The molecule has 0 aromatic heterocycles. The van der Waals surface area contributed by atoms with Gasteiger partial charge in [-0.1, -0.05) is 48.5 Å². The van der Waals surface area contributed by atoms with Crippen LogP contribution in [0.3, 0.4) is 0 Å². The van der Waals surface area contributed by atoms with Crippen molar-refractivity contribution in [1.82, 2.24) is 10.2 Å². The number of likely N-dealkylation sites (tertiary alicyclic amines) is 1. The quantitative estimate of drug-likeness (QED) is 0.567. The molecule has 2 aromatic rings. The van der Waals surface area contributed by atoms with Crippen LogP contribution in [0.4, 0.5) is 4.79 Å². The number of hydrogen-bond donors (Lipinski definition) is 3. The van der Waals surface area contributed by atoms with E-state index in [1.807, 2.05) is 48.5 Å². The maximum absolute atomic E-state index is 13.1. The fraction of sp³-hybridized carbons (Fsp3) is 0.400. The summed E-state index contributed by atoms with van der Waals surface area (Å²) in [5.41, 5.74) is 4.32. The number of carboxylic acids is 1. The lowest BCUT2D eigenvalue weighted by Crippen LogP contribution is -2.56. The van der Waals surface area contributed by atoms with Gasteiger partial charge in [-0.3, -0.25) is 4.79 Å². The van der Waals surface area contributed by atoms with Gasteiger partial charge in [0.05, 0.1) is 12.2 Å². The molecule has 4 atom stereocenters. The van der Waals surface area contributed by atoms with Crippen molar-refractivity contribution in [3.05, 3.63) is 59.7 Å². The summed E-state index contributed by atoms with van der Waals surface area (Å²) in [6.45, 7) is 1.53. The van der Waals surface area contributed by atoms with Gasteiger partial charge in [-0.05, 0) is 29.2 Å². The lowest BCUT2D eigenvalue weighted by atomic mass is 9.98. The van der Waals surface area contributed by atoms with Gasteiger partial charge in [0, 0.05) is 26.0 Å². The van der Waals surface area contributed by atoms with Crippen LogP contribution < -0.4 is 5.32 Å². The average Bonchev–Trinajstić information content (AvgIpc) is 3.38. The van der Waals surface area contributed by atoms with Crippen LogP contribution in [0.15, 0.2) is 48.5 Å². The second-order valence-electron chi connectivity index (χ2n) is 8.62. The Morgan fingerprint density at radius 1 is 1.09 bits per heavy atom. The van der Waals surface area contributed by atoms with E-state index in [9.17, 15) is 24.6 Å². The van der Waals surface area contributed by atoms with Gasteiger partial charge in [0.2, 0.25) is 5.91 Å². The van der Waals surface area contributed by atoms with E-state index < -0.39 is 42.3 Å². The van der Waals surface area contributed by atoms with Crippen molar-refractivity contribution in [2.75, 3.05) is 20.3 Å². The average molecular weight is 469 g/mol. The molecular weight excluding hydrogens is 440 g/mol. The SMILES string of the molecule is COC(C)C(NC(=O)OCC1c2ccccc2-c2ccccc21)C(=O)N1CC(O)CC1C(=O)O. The van der Waals surface area contributed by atoms with E-state index in [1.165, 1.54) is 7.11 Å². The van der Waals surface area contributed by atoms with Crippen molar-refractivity contribution >= 4 is 18.0 Å². The minimum absolute atomic E-state index is 0.0693. The molecule has 3 N–H and O–H groups in total. The van der Waals surface area contributed by atoms with Crippen LogP contribution in [0.25, 0.3) is 11.1 Å². The summed E-state index contributed by atoms with van der Waals surface area (Å²) in [7, 11) is 1.39. The van der Waals surface area contributed by atoms with Crippen LogP contribution in [0, 0.1) is 0 Å². The Kier molecular flexibility index (Phi) is 6.85. The van der Waals surface area contributed by atoms with Gasteiger partial charge in [-0.15, -0.1) is 0 Å². The highest BCUT2D eigenvalue weighted by Crippen LogP contribution is 2.44. The standard InChI is InChI=1S/C25H28N2O7/c1-14(33-2)22(23(29)27-12-15(28)11-21(27)24(30)31)26-25(32)34-13-20-18-9-5-3-7-16(18)17-8-4-6-10-19(17)20/h3-10,14-15,20-22,28H,11-13H2,1-2H3,(H,26,32)(H,30,31). The number of aliphatic carboxylic acids is 1. The van der Waals surface area contributed by atoms with Crippen molar-refractivity contribution in [2.45, 2.75) is 43.6 Å². The first-order valence-corrected chi connectivity index (χ1v) is 11.2. The van der Waals surface area contributed by atoms with Crippen molar-refractivity contribution in [2.24, 2.45) is 0 Å². The number of amides is 2. The monoisotopic (exact) mass is 468 g/mol. The number of aliphatic hydroxyl groups excluding tert-OH is 1. The third-order valence-corrected chi connectivity index (χ3v) is 6.57. The topological polar surface area (TPSA) is 125 Å². The number of rotatable bonds is 7. The molecule has 0 bridgehead atoms. The Balaban J connectivity index is 1.46.